The lowest BCUT2D eigenvalue weighted by molar-refractivity contribution is 0.253. The minimum absolute atomic E-state index is 0.397. The Morgan fingerprint density at radius 2 is 1.85 bits per heavy atom. The molecule has 1 aromatic rings. The van der Waals surface area contributed by atoms with Crippen LogP contribution in [0.5, 0.6) is 0 Å². The highest BCUT2D eigenvalue weighted by Gasteiger charge is 2.63. The number of benzene rings is 1. The predicted octanol–water partition coefficient (Wildman–Crippen LogP) is 4.17. The van der Waals surface area contributed by atoms with Crippen LogP contribution >= 0.6 is 23.5 Å². The lowest BCUT2D eigenvalue weighted by atomic mass is 9.55. The molecule has 1 fully saturated rings. The number of para-hydroxylation sites is 1. The molecule has 1 saturated carbocycles. The van der Waals surface area contributed by atoms with E-state index in [9.17, 15) is 0 Å². The number of nitrogens with one attached hydrogen (secondary N) is 1. The van der Waals surface area contributed by atoms with Gasteiger partial charge in [-0.2, -0.15) is 11.8 Å². The molecule has 138 valence electrons. The van der Waals surface area contributed by atoms with E-state index < -0.39 is 0 Å². The van der Waals surface area contributed by atoms with Gasteiger partial charge in [0.05, 0.1) is 0 Å². The van der Waals surface area contributed by atoms with Gasteiger partial charge >= 0.3 is 0 Å². The Hall–Kier alpha value is -1.40. The van der Waals surface area contributed by atoms with Gasteiger partial charge < -0.3 is 11.5 Å². The van der Waals surface area contributed by atoms with Crippen molar-refractivity contribution >= 4 is 40.9 Å². The number of nitrogens with two attached hydrogens (primary N) is 2. The summed E-state index contributed by atoms with van der Waals surface area (Å²) >= 11 is 3.95. The van der Waals surface area contributed by atoms with E-state index in [1.165, 1.54) is 18.6 Å². The molecule has 4 unspecified atom stereocenters. The summed E-state index contributed by atoms with van der Waals surface area (Å²) < 4.78 is 0. The maximum atomic E-state index is 8.14. The van der Waals surface area contributed by atoms with Crippen LogP contribution in [0, 0.1) is 23.2 Å². The Kier molecular flexibility index (Phi) is 4.82. The number of fused-ring (bicyclic) bond motifs is 3. The molecule has 3 aliphatic rings. The molecule has 0 spiro atoms. The Balaban J connectivity index is 1.51. The number of hydrogen-bond acceptors (Lipinski definition) is 5. The molecule has 5 N–H and O–H groups in total. The van der Waals surface area contributed by atoms with Crippen LogP contribution in [-0.2, 0) is 0 Å². The third-order valence-corrected chi connectivity index (χ3v) is 8.71. The Bertz CT molecular complexity index is 799. The summed E-state index contributed by atoms with van der Waals surface area (Å²) in [7, 11) is 0. The zero-order valence-electron chi connectivity index (χ0n) is 15.2. The second-order valence-electron chi connectivity index (χ2n) is 7.72. The van der Waals surface area contributed by atoms with E-state index in [1.807, 2.05) is 30.0 Å². The number of anilines is 1. The lowest BCUT2D eigenvalue weighted by Crippen LogP contribution is -2.61. The molecule has 0 radical (unpaired) electrons. The zero-order chi connectivity index (χ0) is 18.4. The molecule has 2 aliphatic carbocycles. The number of nitrogens with zero attached hydrogens (tertiary/aromatic N) is 1. The van der Waals surface area contributed by atoms with Crippen molar-refractivity contribution in [3.8, 4) is 0 Å². The monoisotopic (exact) mass is 386 g/mol. The van der Waals surface area contributed by atoms with Gasteiger partial charge in [0.2, 0.25) is 0 Å². The fraction of sp³-hybridized carbons (Fsp3) is 0.500. The normalized spacial score (nSPS) is 29.2. The summed E-state index contributed by atoms with van der Waals surface area (Å²) in [5.74, 6) is 3.79. The molecule has 0 aromatic heterocycles. The number of hydrogen-bond donors (Lipinski definition) is 3. The number of thioether (sulfide) groups is 2. The predicted molar refractivity (Wildman–Crippen MR) is 114 cm³/mol. The number of amidine groups is 2. The van der Waals surface area contributed by atoms with E-state index in [1.54, 1.807) is 0 Å². The molecule has 4 nitrogen and oxygen atoms in total. The maximum Gasteiger partial charge on any atom is 0.150 e. The van der Waals surface area contributed by atoms with Crippen LogP contribution in [-0.4, -0.2) is 27.9 Å². The Morgan fingerprint density at radius 3 is 2.58 bits per heavy atom. The molecular weight excluding hydrogens is 360 g/mol. The largest absolute Gasteiger partial charge is 0.398 e. The van der Waals surface area contributed by atoms with Gasteiger partial charge in [-0.3, -0.25) is 5.41 Å². The summed E-state index contributed by atoms with van der Waals surface area (Å²) in [5.41, 5.74) is 15.4. The topological polar surface area (TPSA) is 88.2 Å². The van der Waals surface area contributed by atoms with Crippen molar-refractivity contribution in [2.45, 2.75) is 42.1 Å². The maximum absolute atomic E-state index is 8.14. The first kappa shape index (κ1) is 18.0. The Morgan fingerprint density at radius 1 is 1.12 bits per heavy atom. The van der Waals surface area contributed by atoms with Crippen molar-refractivity contribution in [3.05, 3.63) is 35.4 Å². The third kappa shape index (κ3) is 2.87. The fourth-order valence-electron chi connectivity index (χ4n) is 4.24. The average molecular weight is 387 g/mol. The van der Waals surface area contributed by atoms with E-state index in [0.717, 1.165) is 27.6 Å². The Labute approximate surface area is 163 Å². The van der Waals surface area contributed by atoms with Gasteiger partial charge in [-0.1, -0.05) is 32.4 Å². The van der Waals surface area contributed by atoms with Crippen LogP contribution in [0.15, 0.2) is 45.3 Å². The summed E-state index contributed by atoms with van der Waals surface area (Å²) in [6.07, 6.45) is 2.53. The molecule has 1 aliphatic heterocycles. The van der Waals surface area contributed by atoms with E-state index >= 15 is 0 Å². The summed E-state index contributed by atoms with van der Waals surface area (Å²) in [4.78, 5) is 5.38. The smallest absolute Gasteiger partial charge is 0.150 e. The highest BCUT2D eigenvalue weighted by Crippen LogP contribution is 2.64. The van der Waals surface area contributed by atoms with Crippen LogP contribution in [0.25, 0.3) is 0 Å². The molecule has 0 saturated heterocycles. The highest BCUT2D eigenvalue weighted by molar-refractivity contribution is 8.04. The van der Waals surface area contributed by atoms with E-state index in [0.29, 0.717) is 34.0 Å². The van der Waals surface area contributed by atoms with Crippen molar-refractivity contribution in [2.75, 3.05) is 11.5 Å². The molecule has 26 heavy (non-hydrogen) atoms. The van der Waals surface area contributed by atoms with Gasteiger partial charge in [0, 0.05) is 44.1 Å². The van der Waals surface area contributed by atoms with Crippen LogP contribution < -0.4 is 11.5 Å². The van der Waals surface area contributed by atoms with Gasteiger partial charge in [-0.05, 0) is 30.2 Å². The standard InChI is InChI=1S/C20H26N4S2/c1-10(2)6-5-9-25-17-13-14(16-15(13)19(22)24-20(16)23)18(17)26-12-8-4-3-7-11(12)21/h3-4,7-8,10,13-14,17-18H,5-6,9,21H2,1-2H3,(H3,22,23,24). The molecule has 4 rings (SSSR count). The van der Waals surface area contributed by atoms with E-state index in [-0.39, 0.29) is 0 Å². The quantitative estimate of drug-likeness (QED) is 0.485. The van der Waals surface area contributed by atoms with Crippen molar-refractivity contribution in [2.24, 2.45) is 28.5 Å². The molecule has 0 bridgehead atoms. The van der Waals surface area contributed by atoms with Crippen molar-refractivity contribution in [1.29, 1.82) is 5.41 Å². The summed E-state index contributed by atoms with van der Waals surface area (Å²) in [6.45, 7) is 4.56. The molecular formula is C20H26N4S2. The van der Waals surface area contributed by atoms with Crippen LogP contribution in [0.2, 0.25) is 0 Å². The SMILES string of the molecule is CC(C)CCCSC1C(Sc2ccccc2N)C2C3=C(C(=N)N=C3N)C12. The van der Waals surface area contributed by atoms with Crippen molar-refractivity contribution < 1.29 is 0 Å². The van der Waals surface area contributed by atoms with Crippen LogP contribution in [0.1, 0.15) is 26.7 Å². The number of rotatable bonds is 7. The molecule has 6 heteroatoms. The van der Waals surface area contributed by atoms with Crippen LogP contribution in [0.3, 0.4) is 0 Å². The third-order valence-electron chi connectivity index (χ3n) is 5.56. The molecule has 1 heterocycles. The van der Waals surface area contributed by atoms with Gasteiger partial charge in [0.15, 0.2) is 5.84 Å². The minimum Gasteiger partial charge on any atom is -0.398 e. The summed E-state index contributed by atoms with van der Waals surface area (Å²) in [6, 6.07) is 8.10. The van der Waals surface area contributed by atoms with Crippen LogP contribution in [0.4, 0.5) is 5.69 Å². The van der Waals surface area contributed by atoms with E-state index in [4.69, 9.17) is 16.9 Å². The van der Waals surface area contributed by atoms with Gasteiger partial charge in [-0.15, -0.1) is 11.8 Å². The second-order valence-corrected chi connectivity index (χ2v) is 10.2. The van der Waals surface area contributed by atoms with Gasteiger partial charge in [0.25, 0.3) is 0 Å². The second kappa shape index (κ2) is 6.97. The van der Waals surface area contributed by atoms with E-state index in [2.05, 4.69) is 36.7 Å². The number of aliphatic imine (C=N–C) groups is 1. The summed E-state index contributed by atoms with van der Waals surface area (Å²) in [5, 5.41) is 9.13. The first-order chi connectivity index (χ1) is 12.5. The fourth-order valence-corrected chi connectivity index (χ4v) is 7.53. The zero-order valence-corrected chi connectivity index (χ0v) is 16.9. The van der Waals surface area contributed by atoms with Crippen molar-refractivity contribution in [3.63, 3.8) is 0 Å². The first-order valence-corrected chi connectivity index (χ1v) is 11.2. The highest BCUT2D eigenvalue weighted by atomic mass is 32.2. The van der Waals surface area contributed by atoms with Gasteiger partial charge in [0.1, 0.15) is 5.84 Å². The minimum atomic E-state index is 0.397. The molecule has 0 amide bonds. The van der Waals surface area contributed by atoms with Crippen molar-refractivity contribution in [1.82, 2.24) is 0 Å². The lowest BCUT2D eigenvalue weighted by Gasteiger charge is -2.58. The first-order valence-electron chi connectivity index (χ1n) is 9.29. The van der Waals surface area contributed by atoms with Gasteiger partial charge in [-0.25, -0.2) is 4.99 Å². The number of nitrogen functional groups attached to an aromatic ring is 1. The molecule has 1 aromatic carbocycles. The average Bonchev–Trinajstić information content (AvgIpc) is 2.79. The molecule has 4 atom stereocenters.